The van der Waals surface area contributed by atoms with Crippen LogP contribution in [0.25, 0.3) is 0 Å². The van der Waals surface area contributed by atoms with Crippen LogP contribution in [0.15, 0.2) is 0 Å². The number of carboxylic acids is 1. The summed E-state index contributed by atoms with van der Waals surface area (Å²) in [4.78, 5) is 10.3. The van der Waals surface area contributed by atoms with E-state index in [0.29, 0.717) is 0 Å². The Morgan fingerprint density at radius 3 is 1.79 bits per heavy atom. The average molecular weight is 292 g/mol. The molecule has 5 heteroatoms. The molecule has 2 N–H and O–H groups in total. The van der Waals surface area contributed by atoms with Crippen molar-refractivity contribution in [3.05, 3.63) is 0 Å². The normalized spacial score (nSPS) is 13.4. The summed E-state index contributed by atoms with van der Waals surface area (Å²) in [7, 11) is 0. The standard InChI is InChI=1S/C14H28O4S/c1-14(2,19(17)18)12-10-8-6-4-3-5-7-9-11-13(15)16/h3-12H2,1-2H3,(H,15,16)(H,17,18). The molecule has 0 aromatic rings. The molecule has 1 unspecified atom stereocenters. The highest BCUT2D eigenvalue weighted by atomic mass is 32.2. The maximum Gasteiger partial charge on any atom is 0.303 e. The number of carbonyl (C=O) groups is 1. The summed E-state index contributed by atoms with van der Waals surface area (Å²) in [5, 5.41) is 8.48. The van der Waals surface area contributed by atoms with Gasteiger partial charge in [-0.25, -0.2) is 4.21 Å². The van der Waals surface area contributed by atoms with Gasteiger partial charge in [-0.2, -0.15) is 0 Å². The van der Waals surface area contributed by atoms with Gasteiger partial charge >= 0.3 is 5.97 Å². The van der Waals surface area contributed by atoms with E-state index in [9.17, 15) is 9.00 Å². The summed E-state index contributed by atoms with van der Waals surface area (Å²) in [6.45, 7) is 3.65. The summed E-state index contributed by atoms with van der Waals surface area (Å²) in [5.74, 6) is -0.705. The minimum Gasteiger partial charge on any atom is -0.481 e. The van der Waals surface area contributed by atoms with Gasteiger partial charge in [0, 0.05) is 6.42 Å². The molecule has 0 aliphatic carbocycles. The maximum absolute atomic E-state index is 11.0. The molecule has 0 aromatic heterocycles. The lowest BCUT2D eigenvalue weighted by Crippen LogP contribution is -2.25. The lowest BCUT2D eigenvalue weighted by molar-refractivity contribution is -0.137. The predicted molar refractivity (Wildman–Crippen MR) is 78.7 cm³/mol. The van der Waals surface area contributed by atoms with Crippen molar-refractivity contribution in [1.29, 1.82) is 0 Å². The Bertz CT molecular complexity index is 277. The van der Waals surface area contributed by atoms with E-state index in [2.05, 4.69) is 0 Å². The SMILES string of the molecule is CC(C)(CCCCCCCCCCC(=O)O)S(=O)O. The van der Waals surface area contributed by atoms with Gasteiger partial charge < -0.3 is 9.66 Å². The smallest absolute Gasteiger partial charge is 0.303 e. The van der Waals surface area contributed by atoms with E-state index in [1.807, 2.05) is 13.8 Å². The lowest BCUT2D eigenvalue weighted by atomic mass is 10.0. The molecule has 0 aliphatic rings. The van der Waals surface area contributed by atoms with E-state index in [1.54, 1.807) is 0 Å². The van der Waals surface area contributed by atoms with E-state index in [0.717, 1.165) is 51.4 Å². The molecular weight excluding hydrogens is 264 g/mol. The van der Waals surface area contributed by atoms with Crippen molar-refractivity contribution in [1.82, 2.24) is 0 Å². The van der Waals surface area contributed by atoms with Crippen molar-refractivity contribution < 1.29 is 18.7 Å². The van der Waals surface area contributed by atoms with E-state index in [-0.39, 0.29) is 6.42 Å². The van der Waals surface area contributed by atoms with Gasteiger partial charge in [0.05, 0.1) is 4.75 Å². The first kappa shape index (κ1) is 18.6. The predicted octanol–water partition coefficient (Wildman–Crippen LogP) is 3.97. The molecule has 0 amide bonds. The minimum absolute atomic E-state index is 0.285. The Balaban J connectivity index is 3.28. The third kappa shape index (κ3) is 11.1. The second kappa shape index (κ2) is 10.4. The van der Waals surface area contributed by atoms with Gasteiger partial charge in [0.2, 0.25) is 0 Å². The first-order chi connectivity index (χ1) is 8.86. The zero-order valence-electron chi connectivity index (χ0n) is 12.2. The third-order valence-corrected chi connectivity index (χ3v) is 4.54. The Labute approximate surface area is 119 Å². The molecule has 19 heavy (non-hydrogen) atoms. The number of aliphatic carboxylic acids is 1. The zero-order valence-corrected chi connectivity index (χ0v) is 13.0. The van der Waals surface area contributed by atoms with Gasteiger partial charge in [-0.1, -0.05) is 44.9 Å². The Hall–Kier alpha value is -0.420. The van der Waals surface area contributed by atoms with Crippen LogP contribution >= 0.6 is 0 Å². The fraction of sp³-hybridized carbons (Fsp3) is 0.929. The monoisotopic (exact) mass is 292 g/mol. The summed E-state index contributed by atoms with van der Waals surface area (Å²) in [5.41, 5.74) is 0. The van der Waals surface area contributed by atoms with Crippen LogP contribution in [0.4, 0.5) is 0 Å². The molecule has 0 spiro atoms. The van der Waals surface area contributed by atoms with Crippen LogP contribution in [0.1, 0.15) is 78.1 Å². The first-order valence-corrected chi connectivity index (χ1v) is 8.29. The average Bonchev–Trinajstić information content (AvgIpc) is 2.30. The Morgan fingerprint density at radius 1 is 0.947 bits per heavy atom. The van der Waals surface area contributed by atoms with Gasteiger partial charge in [-0.15, -0.1) is 0 Å². The fourth-order valence-corrected chi connectivity index (χ4v) is 2.29. The van der Waals surface area contributed by atoms with Gasteiger partial charge in [0.1, 0.15) is 0 Å². The highest BCUT2D eigenvalue weighted by molar-refractivity contribution is 7.80. The van der Waals surface area contributed by atoms with Gasteiger partial charge in [-0.3, -0.25) is 4.79 Å². The van der Waals surface area contributed by atoms with Crippen LogP contribution in [-0.4, -0.2) is 24.6 Å². The van der Waals surface area contributed by atoms with E-state index in [1.165, 1.54) is 6.42 Å². The molecule has 0 bridgehead atoms. The highest BCUT2D eigenvalue weighted by Crippen LogP contribution is 2.20. The quantitative estimate of drug-likeness (QED) is 0.421. The molecule has 0 fully saturated rings. The van der Waals surface area contributed by atoms with Crippen LogP contribution in [0.5, 0.6) is 0 Å². The van der Waals surface area contributed by atoms with E-state index in [4.69, 9.17) is 9.66 Å². The van der Waals surface area contributed by atoms with Gasteiger partial charge in [0.15, 0.2) is 11.1 Å². The Morgan fingerprint density at radius 2 is 1.37 bits per heavy atom. The molecule has 0 rings (SSSR count). The highest BCUT2D eigenvalue weighted by Gasteiger charge is 2.23. The van der Waals surface area contributed by atoms with Crippen molar-refractivity contribution in [3.63, 3.8) is 0 Å². The van der Waals surface area contributed by atoms with E-state index >= 15 is 0 Å². The molecule has 0 radical (unpaired) electrons. The largest absolute Gasteiger partial charge is 0.481 e. The van der Waals surface area contributed by atoms with Crippen molar-refractivity contribution in [2.24, 2.45) is 0 Å². The summed E-state index contributed by atoms with van der Waals surface area (Å²) < 4.78 is 19.6. The second-order valence-electron chi connectivity index (χ2n) is 5.73. The van der Waals surface area contributed by atoms with Crippen molar-refractivity contribution in [2.75, 3.05) is 0 Å². The molecule has 0 aliphatic heterocycles. The number of unbranched alkanes of at least 4 members (excludes halogenated alkanes) is 7. The van der Waals surface area contributed by atoms with Crippen molar-refractivity contribution >= 4 is 17.0 Å². The van der Waals surface area contributed by atoms with Crippen LogP contribution in [0, 0.1) is 0 Å². The maximum atomic E-state index is 11.0. The third-order valence-electron chi connectivity index (χ3n) is 3.39. The molecule has 0 saturated heterocycles. The first-order valence-electron chi connectivity index (χ1n) is 7.19. The minimum atomic E-state index is -1.74. The van der Waals surface area contributed by atoms with Crippen LogP contribution in [0.3, 0.4) is 0 Å². The van der Waals surface area contributed by atoms with Gasteiger partial charge in [-0.05, 0) is 26.7 Å². The number of carboxylic acid groups (broad SMARTS) is 1. The lowest BCUT2D eigenvalue weighted by Gasteiger charge is -2.19. The second-order valence-corrected chi connectivity index (χ2v) is 7.33. The molecule has 0 saturated carbocycles. The number of hydrogen-bond acceptors (Lipinski definition) is 2. The Kier molecular flexibility index (Phi) is 10.1. The fourth-order valence-electron chi connectivity index (χ4n) is 1.97. The zero-order chi connectivity index (χ0) is 14.7. The summed E-state index contributed by atoms with van der Waals surface area (Å²) in [6, 6.07) is 0. The number of hydrogen-bond donors (Lipinski definition) is 2. The molecule has 114 valence electrons. The summed E-state index contributed by atoms with van der Waals surface area (Å²) >= 11 is -1.74. The summed E-state index contributed by atoms with van der Waals surface area (Å²) in [6.07, 6.45) is 9.57. The molecular formula is C14H28O4S. The van der Waals surface area contributed by atoms with Gasteiger partial charge in [0.25, 0.3) is 0 Å². The molecule has 0 heterocycles. The number of rotatable bonds is 12. The van der Waals surface area contributed by atoms with Crippen LogP contribution in [-0.2, 0) is 15.9 Å². The molecule has 1 atom stereocenters. The van der Waals surface area contributed by atoms with Crippen LogP contribution < -0.4 is 0 Å². The van der Waals surface area contributed by atoms with E-state index < -0.39 is 21.8 Å². The molecule has 0 aromatic carbocycles. The molecule has 4 nitrogen and oxygen atoms in total. The van der Waals surface area contributed by atoms with Crippen LogP contribution in [0.2, 0.25) is 0 Å². The van der Waals surface area contributed by atoms with Crippen molar-refractivity contribution in [3.8, 4) is 0 Å². The van der Waals surface area contributed by atoms with Crippen molar-refractivity contribution in [2.45, 2.75) is 82.8 Å². The topological polar surface area (TPSA) is 74.6 Å².